The Bertz CT molecular complexity index is 1130. The van der Waals surface area contributed by atoms with E-state index in [0.29, 0.717) is 15.8 Å². The second-order valence-electron chi connectivity index (χ2n) is 5.67. The Morgan fingerprint density at radius 3 is 2.62 bits per heavy atom. The summed E-state index contributed by atoms with van der Waals surface area (Å²) < 4.78 is 3.95. The van der Waals surface area contributed by atoms with E-state index in [-0.39, 0.29) is 17.8 Å². The first-order chi connectivity index (χ1) is 12.3. The molecule has 0 aliphatic carbocycles. The highest BCUT2D eigenvalue weighted by Crippen LogP contribution is 2.19. The summed E-state index contributed by atoms with van der Waals surface area (Å²) in [4.78, 5) is 38.7. The van der Waals surface area contributed by atoms with E-state index in [9.17, 15) is 19.5 Å². The molecule has 0 aliphatic rings. The molecule has 0 saturated carbocycles. The highest BCUT2D eigenvalue weighted by Gasteiger charge is 2.26. The van der Waals surface area contributed by atoms with Crippen molar-refractivity contribution in [3.8, 4) is 0 Å². The van der Waals surface area contributed by atoms with Gasteiger partial charge >= 0.3 is 16.4 Å². The summed E-state index contributed by atoms with van der Waals surface area (Å²) in [6.45, 7) is 0.239. The Morgan fingerprint density at radius 2 is 1.96 bits per heavy atom. The van der Waals surface area contributed by atoms with Crippen molar-refractivity contribution in [2.24, 2.45) is 14.1 Å². The highest BCUT2D eigenvalue weighted by molar-refractivity contribution is 7.99. The zero-order valence-corrected chi connectivity index (χ0v) is 15.6. The normalized spacial score (nSPS) is 11.2. The number of halogens is 1. The van der Waals surface area contributed by atoms with Gasteiger partial charge in [-0.2, -0.15) is 0 Å². The van der Waals surface area contributed by atoms with E-state index in [1.807, 2.05) is 12.1 Å². The minimum absolute atomic E-state index is 0.239. The SMILES string of the molecule is Cn1c(=O)c2c([nH]c(SCC(=O)[O-])[n+]2Cc2ccccc2Cl)n(C)c1=O. The first-order valence-corrected chi connectivity index (χ1v) is 8.95. The molecule has 0 aliphatic heterocycles. The van der Waals surface area contributed by atoms with Crippen LogP contribution in [0.25, 0.3) is 11.2 Å². The fourth-order valence-electron chi connectivity index (χ4n) is 2.67. The third-order valence-corrected chi connectivity index (χ3v) is 5.34. The van der Waals surface area contributed by atoms with Crippen LogP contribution in [-0.4, -0.2) is 25.8 Å². The summed E-state index contributed by atoms with van der Waals surface area (Å²) in [6, 6.07) is 7.15. The maximum absolute atomic E-state index is 12.7. The van der Waals surface area contributed by atoms with Gasteiger partial charge in [-0.25, -0.2) is 14.3 Å². The zero-order chi connectivity index (χ0) is 19.0. The standard InChI is InChI=1S/C16H15ClN4O4S/c1-19-13-12(14(24)20(2)16(19)25)21(15(18-13)26-8-11(22)23)7-9-5-3-4-6-10(9)17/h3-6H,7-8H2,1-2H3,(H,22,23). The molecule has 0 saturated heterocycles. The molecule has 0 unspecified atom stereocenters. The third-order valence-electron chi connectivity index (χ3n) is 3.99. The molecule has 0 fully saturated rings. The number of H-pyrrole nitrogens is 1. The number of nitrogens with zero attached hydrogens (tertiary/aromatic N) is 3. The van der Waals surface area contributed by atoms with Gasteiger partial charge in [0.25, 0.3) is 11.2 Å². The molecule has 0 atom stereocenters. The van der Waals surface area contributed by atoms with Crippen molar-refractivity contribution < 1.29 is 14.5 Å². The van der Waals surface area contributed by atoms with Gasteiger partial charge < -0.3 is 9.90 Å². The van der Waals surface area contributed by atoms with Crippen molar-refractivity contribution in [1.29, 1.82) is 0 Å². The average molecular weight is 395 g/mol. The number of aromatic amines is 1. The molecule has 0 bridgehead atoms. The molecular formula is C16H15ClN4O4S. The highest BCUT2D eigenvalue weighted by atomic mass is 35.5. The van der Waals surface area contributed by atoms with Gasteiger partial charge in [-0.05, 0) is 17.8 Å². The van der Waals surface area contributed by atoms with Crippen LogP contribution >= 0.6 is 23.4 Å². The minimum atomic E-state index is -1.24. The maximum atomic E-state index is 12.7. The summed E-state index contributed by atoms with van der Waals surface area (Å²) >= 11 is 7.20. The third kappa shape index (κ3) is 3.15. The molecule has 136 valence electrons. The maximum Gasteiger partial charge on any atom is 0.333 e. The van der Waals surface area contributed by atoms with Crippen molar-refractivity contribution in [2.75, 3.05) is 5.75 Å². The van der Waals surface area contributed by atoms with Gasteiger partial charge in [-0.3, -0.25) is 13.9 Å². The lowest BCUT2D eigenvalue weighted by molar-refractivity contribution is -0.700. The number of benzene rings is 1. The Balaban J connectivity index is 2.28. The van der Waals surface area contributed by atoms with Gasteiger partial charge in [0.1, 0.15) is 6.54 Å². The number of fused-ring (bicyclic) bond motifs is 1. The molecule has 1 N–H and O–H groups in total. The van der Waals surface area contributed by atoms with Crippen LogP contribution in [0.1, 0.15) is 5.56 Å². The van der Waals surface area contributed by atoms with E-state index in [4.69, 9.17) is 11.6 Å². The van der Waals surface area contributed by atoms with Gasteiger partial charge in [0.05, 0.1) is 5.97 Å². The first-order valence-electron chi connectivity index (χ1n) is 7.59. The van der Waals surface area contributed by atoms with Gasteiger partial charge in [0.15, 0.2) is 0 Å². The summed E-state index contributed by atoms with van der Waals surface area (Å²) in [5.41, 5.74) is 0.365. The second-order valence-corrected chi connectivity index (χ2v) is 7.04. The fraction of sp³-hybridized carbons (Fsp3) is 0.250. The number of carboxylic acid groups (broad SMARTS) is 1. The predicted molar refractivity (Wildman–Crippen MR) is 95.3 cm³/mol. The van der Waals surface area contributed by atoms with E-state index >= 15 is 0 Å². The smallest absolute Gasteiger partial charge is 0.333 e. The number of nitrogens with one attached hydrogen (secondary N) is 1. The second kappa shape index (κ2) is 7.00. The molecule has 0 spiro atoms. The van der Waals surface area contributed by atoms with E-state index in [1.165, 1.54) is 18.7 Å². The molecule has 2 aromatic heterocycles. The molecule has 3 aromatic rings. The Morgan fingerprint density at radius 1 is 1.27 bits per heavy atom. The lowest BCUT2D eigenvalue weighted by atomic mass is 10.2. The predicted octanol–water partition coefficient (Wildman–Crippen LogP) is -0.603. The molecular weight excluding hydrogens is 380 g/mol. The van der Waals surface area contributed by atoms with E-state index < -0.39 is 17.2 Å². The van der Waals surface area contributed by atoms with Crippen LogP contribution in [0.4, 0.5) is 0 Å². The number of imidazole rings is 1. The van der Waals surface area contributed by atoms with Crippen molar-refractivity contribution >= 4 is 40.5 Å². The van der Waals surface area contributed by atoms with Gasteiger partial charge in [0, 0.05) is 30.4 Å². The Labute approximate surface area is 156 Å². The van der Waals surface area contributed by atoms with Crippen LogP contribution in [0.2, 0.25) is 5.02 Å². The van der Waals surface area contributed by atoms with E-state index in [2.05, 4.69) is 4.98 Å². The fourth-order valence-corrected chi connectivity index (χ4v) is 3.60. The molecule has 2 heterocycles. The number of aliphatic carboxylic acids is 1. The largest absolute Gasteiger partial charge is 0.549 e. The first kappa shape index (κ1) is 18.3. The Kier molecular flexibility index (Phi) is 4.92. The molecule has 0 amide bonds. The topological polar surface area (TPSA) is 104 Å². The minimum Gasteiger partial charge on any atom is -0.549 e. The molecule has 3 rings (SSSR count). The number of carboxylic acids is 1. The number of hydrogen-bond donors (Lipinski definition) is 1. The lowest BCUT2D eigenvalue weighted by Gasteiger charge is -2.05. The van der Waals surface area contributed by atoms with Crippen LogP contribution in [0.3, 0.4) is 0 Å². The number of thioether (sulfide) groups is 1. The monoisotopic (exact) mass is 394 g/mol. The lowest BCUT2D eigenvalue weighted by Crippen LogP contribution is -2.44. The summed E-state index contributed by atoms with van der Waals surface area (Å²) in [6.07, 6.45) is 0. The van der Waals surface area contributed by atoms with Crippen molar-refractivity contribution in [3.05, 3.63) is 55.7 Å². The average Bonchev–Trinajstić information content (AvgIpc) is 2.97. The van der Waals surface area contributed by atoms with E-state index in [0.717, 1.165) is 21.9 Å². The number of aromatic nitrogens is 4. The van der Waals surface area contributed by atoms with Crippen LogP contribution in [0.5, 0.6) is 0 Å². The molecule has 8 nitrogen and oxygen atoms in total. The number of carbonyl (C=O) groups excluding carboxylic acids is 1. The number of rotatable bonds is 5. The summed E-state index contributed by atoms with van der Waals surface area (Å²) in [5.74, 6) is -1.54. The number of aryl methyl sites for hydroxylation is 1. The van der Waals surface area contributed by atoms with Crippen molar-refractivity contribution in [3.63, 3.8) is 0 Å². The number of carbonyl (C=O) groups is 1. The van der Waals surface area contributed by atoms with E-state index in [1.54, 1.807) is 16.7 Å². The number of hydrogen-bond acceptors (Lipinski definition) is 5. The van der Waals surface area contributed by atoms with Crippen LogP contribution in [0.15, 0.2) is 39.0 Å². The quantitative estimate of drug-likeness (QED) is 0.459. The van der Waals surface area contributed by atoms with Crippen LogP contribution in [0, 0.1) is 0 Å². The molecule has 26 heavy (non-hydrogen) atoms. The molecule has 1 aromatic carbocycles. The van der Waals surface area contributed by atoms with Crippen LogP contribution < -0.4 is 20.9 Å². The van der Waals surface area contributed by atoms with Crippen molar-refractivity contribution in [1.82, 2.24) is 14.1 Å². The molecule has 0 radical (unpaired) electrons. The van der Waals surface area contributed by atoms with Crippen molar-refractivity contribution in [2.45, 2.75) is 11.7 Å². The molecule has 10 heteroatoms. The van der Waals surface area contributed by atoms with Gasteiger partial charge in [0.2, 0.25) is 0 Å². The summed E-state index contributed by atoms with van der Waals surface area (Å²) in [5, 5.41) is 11.8. The van der Waals surface area contributed by atoms with Gasteiger partial charge in [-0.1, -0.05) is 29.8 Å². The van der Waals surface area contributed by atoms with Gasteiger partial charge in [-0.15, -0.1) is 0 Å². The zero-order valence-electron chi connectivity index (χ0n) is 14.0. The Hall–Kier alpha value is -2.52. The van der Waals surface area contributed by atoms with Crippen LogP contribution in [-0.2, 0) is 25.4 Å². The summed E-state index contributed by atoms with van der Waals surface area (Å²) in [7, 11) is 2.93.